The molecule has 4 bridgehead atoms. The van der Waals surface area contributed by atoms with Gasteiger partial charge in [-0.25, -0.2) is 13.2 Å². The summed E-state index contributed by atoms with van der Waals surface area (Å²) < 4.78 is 26.5. The van der Waals surface area contributed by atoms with Crippen molar-refractivity contribution in [2.24, 2.45) is 17.8 Å². The Bertz CT molecular complexity index is 1410. The van der Waals surface area contributed by atoms with Crippen LogP contribution < -0.4 is 20.0 Å². The number of para-hydroxylation sites is 2. The molecule has 226 valence electrons. The molecule has 4 aliphatic carbocycles. The number of benzene rings is 2. The van der Waals surface area contributed by atoms with Gasteiger partial charge in [-0.05, 0) is 92.7 Å². The van der Waals surface area contributed by atoms with Crippen molar-refractivity contribution in [3.63, 3.8) is 0 Å². The first kappa shape index (κ1) is 28.0. The van der Waals surface area contributed by atoms with Gasteiger partial charge in [0, 0.05) is 56.7 Å². The van der Waals surface area contributed by atoms with Crippen LogP contribution in [0, 0.1) is 17.8 Å². The molecule has 3 unspecified atom stereocenters. The van der Waals surface area contributed by atoms with Crippen LogP contribution in [0.2, 0.25) is 0 Å². The lowest BCUT2D eigenvalue weighted by atomic mass is 9.52. The molecule has 2 N–H and O–H groups in total. The van der Waals surface area contributed by atoms with Crippen molar-refractivity contribution in [1.29, 1.82) is 0 Å². The average molecular weight is 594 g/mol. The van der Waals surface area contributed by atoms with E-state index in [-0.39, 0.29) is 17.8 Å². The summed E-state index contributed by atoms with van der Waals surface area (Å²) in [4.78, 5) is 20.1. The van der Waals surface area contributed by atoms with E-state index in [1.807, 2.05) is 30.0 Å². The Hall–Kier alpha value is -2.82. The van der Waals surface area contributed by atoms with Crippen molar-refractivity contribution in [1.82, 2.24) is 9.62 Å². The second-order valence-corrected chi connectivity index (χ2v) is 15.3. The minimum absolute atomic E-state index is 0.0259. The Labute approximate surface area is 249 Å². The van der Waals surface area contributed by atoms with E-state index in [4.69, 9.17) is 0 Å². The number of anilines is 4. The molecule has 6 aliphatic rings. The number of sulfonamides is 1. The molecule has 2 amide bonds. The summed E-state index contributed by atoms with van der Waals surface area (Å²) in [5.74, 6) is 1.58. The fourth-order valence-electron chi connectivity index (χ4n) is 8.73. The third kappa shape index (κ3) is 5.05. The number of aliphatic hydroxyl groups is 1. The van der Waals surface area contributed by atoms with Crippen molar-refractivity contribution in [2.45, 2.75) is 57.1 Å². The molecular weight excluding hydrogens is 550 g/mol. The first-order chi connectivity index (χ1) is 20.2. The number of nitrogens with one attached hydrogen (secondary N) is 1. The topological polar surface area (TPSA) is 96.4 Å². The van der Waals surface area contributed by atoms with Gasteiger partial charge in [0.1, 0.15) is 0 Å². The zero-order valence-corrected chi connectivity index (χ0v) is 25.3. The van der Waals surface area contributed by atoms with E-state index in [9.17, 15) is 18.3 Å². The van der Waals surface area contributed by atoms with Gasteiger partial charge in [0.25, 0.3) is 0 Å². The van der Waals surface area contributed by atoms with Gasteiger partial charge in [-0.3, -0.25) is 4.90 Å². The van der Waals surface area contributed by atoms with Crippen LogP contribution in [0.25, 0.3) is 0 Å². The summed E-state index contributed by atoms with van der Waals surface area (Å²) in [6, 6.07) is 16.7. The van der Waals surface area contributed by atoms with Crippen molar-refractivity contribution >= 4 is 38.8 Å². The van der Waals surface area contributed by atoms with Crippen molar-refractivity contribution in [3.05, 3.63) is 48.5 Å². The first-order valence-electron chi connectivity index (χ1n) is 15.7. The second kappa shape index (κ2) is 10.7. The SMILES string of the molecule is CCCS(=O)(=O)N1CCN(c2ccc(N3CCN(C(=O)NC4[C@@H]5CC6C[C@H]4CC(O)(C6)C5)c4ccccc43)cc2)CC1. The highest BCUT2D eigenvalue weighted by Gasteiger charge is 2.55. The number of hydrogen-bond acceptors (Lipinski definition) is 6. The Kier molecular flexibility index (Phi) is 7.14. The zero-order valence-electron chi connectivity index (χ0n) is 24.5. The summed E-state index contributed by atoms with van der Waals surface area (Å²) in [6.45, 7) is 5.59. The van der Waals surface area contributed by atoms with Gasteiger partial charge in [-0.15, -0.1) is 0 Å². The second-order valence-electron chi connectivity index (χ2n) is 13.2. The van der Waals surface area contributed by atoms with Gasteiger partial charge in [0.2, 0.25) is 10.0 Å². The number of rotatable bonds is 6. The van der Waals surface area contributed by atoms with Crippen LogP contribution in [0.1, 0.15) is 45.4 Å². The molecule has 4 saturated carbocycles. The number of carbonyl (C=O) groups is 1. The predicted molar refractivity (Wildman–Crippen MR) is 166 cm³/mol. The van der Waals surface area contributed by atoms with Crippen LogP contribution in [0.5, 0.6) is 0 Å². The maximum Gasteiger partial charge on any atom is 0.322 e. The maximum atomic E-state index is 13.7. The van der Waals surface area contributed by atoms with Crippen LogP contribution >= 0.6 is 0 Å². The lowest BCUT2D eigenvalue weighted by Crippen LogP contribution is -2.63. The molecular formula is C32H43N5O4S. The first-order valence-corrected chi connectivity index (χ1v) is 17.3. The molecule has 2 heterocycles. The highest BCUT2D eigenvalue weighted by Crippen LogP contribution is 2.55. The van der Waals surface area contributed by atoms with E-state index >= 15 is 0 Å². The van der Waals surface area contributed by atoms with Crippen molar-refractivity contribution < 1.29 is 18.3 Å². The number of amides is 2. The van der Waals surface area contributed by atoms with E-state index < -0.39 is 15.6 Å². The van der Waals surface area contributed by atoms with Gasteiger partial charge in [0.05, 0.1) is 22.7 Å². The highest BCUT2D eigenvalue weighted by molar-refractivity contribution is 7.89. The fraction of sp³-hybridized carbons (Fsp3) is 0.594. The van der Waals surface area contributed by atoms with Gasteiger partial charge >= 0.3 is 6.03 Å². The molecule has 0 spiro atoms. The number of piperazine rings is 1. The number of nitrogens with zero attached hydrogens (tertiary/aromatic N) is 4. The average Bonchev–Trinajstić information content (AvgIpc) is 2.98. The van der Waals surface area contributed by atoms with Crippen molar-refractivity contribution in [3.8, 4) is 0 Å². The fourth-order valence-corrected chi connectivity index (χ4v) is 10.2. The van der Waals surface area contributed by atoms with E-state index in [1.165, 1.54) is 0 Å². The summed E-state index contributed by atoms with van der Waals surface area (Å²) in [5.41, 5.74) is 3.59. The third-order valence-corrected chi connectivity index (χ3v) is 12.5. The molecule has 5 atom stereocenters. The predicted octanol–water partition coefficient (Wildman–Crippen LogP) is 4.16. The van der Waals surface area contributed by atoms with E-state index in [0.717, 1.165) is 54.9 Å². The molecule has 2 aromatic rings. The van der Waals surface area contributed by atoms with Gasteiger partial charge in [0.15, 0.2) is 0 Å². The Morgan fingerprint density at radius 1 is 0.881 bits per heavy atom. The lowest BCUT2D eigenvalue weighted by Gasteiger charge is -2.58. The molecule has 2 aliphatic heterocycles. The normalized spacial score (nSPS) is 30.9. The minimum atomic E-state index is -3.16. The maximum absolute atomic E-state index is 13.7. The Morgan fingerprint density at radius 3 is 2.17 bits per heavy atom. The zero-order chi connectivity index (χ0) is 29.1. The molecule has 0 radical (unpaired) electrons. The molecule has 8 rings (SSSR count). The lowest BCUT2D eigenvalue weighted by molar-refractivity contribution is -0.136. The molecule has 5 fully saturated rings. The largest absolute Gasteiger partial charge is 0.390 e. The molecule has 2 aromatic carbocycles. The van der Waals surface area contributed by atoms with Gasteiger partial charge < -0.3 is 20.2 Å². The van der Waals surface area contributed by atoms with Crippen LogP contribution in [-0.2, 0) is 10.0 Å². The van der Waals surface area contributed by atoms with E-state index in [2.05, 4.69) is 45.4 Å². The summed E-state index contributed by atoms with van der Waals surface area (Å²) in [5, 5.41) is 14.4. The summed E-state index contributed by atoms with van der Waals surface area (Å²) in [6.07, 6.45) is 5.46. The summed E-state index contributed by atoms with van der Waals surface area (Å²) in [7, 11) is -3.16. The molecule has 10 heteroatoms. The van der Waals surface area contributed by atoms with Crippen LogP contribution in [0.3, 0.4) is 0 Å². The van der Waals surface area contributed by atoms with Crippen LogP contribution in [0.4, 0.5) is 27.5 Å². The van der Waals surface area contributed by atoms with Crippen LogP contribution in [-0.4, -0.2) is 80.5 Å². The third-order valence-electron chi connectivity index (χ3n) is 10.4. The number of urea groups is 1. The van der Waals surface area contributed by atoms with E-state index in [1.54, 1.807) is 4.31 Å². The molecule has 0 aromatic heterocycles. The Morgan fingerprint density at radius 2 is 1.52 bits per heavy atom. The van der Waals surface area contributed by atoms with Crippen LogP contribution in [0.15, 0.2) is 48.5 Å². The quantitative estimate of drug-likeness (QED) is 0.523. The minimum Gasteiger partial charge on any atom is -0.390 e. The van der Waals surface area contributed by atoms with Crippen molar-refractivity contribution in [2.75, 3.05) is 59.7 Å². The van der Waals surface area contributed by atoms with E-state index in [0.29, 0.717) is 63.4 Å². The molecule has 9 nitrogen and oxygen atoms in total. The number of carbonyl (C=O) groups excluding carboxylic acids is 1. The standard InChI is InChI=1S/C32H43N5O4S/c1-2-17-42(40,41)35-13-11-34(12-14-35)26-7-9-27(10-8-26)36-15-16-37(29-6-4-3-5-28(29)36)31(38)33-30-24-18-23-19-25(30)22-32(39,20-23)21-24/h3-10,23-25,30,39H,2,11-22H2,1H3,(H,33,38)/t23?,24-,25+,30?,32?. The monoisotopic (exact) mass is 593 g/mol. The van der Waals surface area contributed by atoms with Gasteiger partial charge in [-0.1, -0.05) is 19.1 Å². The highest BCUT2D eigenvalue weighted by atomic mass is 32.2. The Balaban J connectivity index is 1.03. The molecule has 1 saturated heterocycles. The van der Waals surface area contributed by atoms with Gasteiger partial charge in [-0.2, -0.15) is 4.31 Å². The smallest absolute Gasteiger partial charge is 0.322 e. The summed E-state index contributed by atoms with van der Waals surface area (Å²) >= 11 is 0. The molecule has 42 heavy (non-hydrogen) atoms. The number of fused-ring (bicyclic) bond motifs is 1. The number of hydrogen-bond donors (Lipinski definition) is 2.